The average molecular weight is 625 g/mol. The summed E-state index contributed by atoms with van der Waals surface area (Å²) in [5.74, 6) is 6.06. The van der Waals surface area contributed by atoms with Gasteiger partial charge in [-0.15, -0.1) is 0 Å². The van der Waals surface area contributed by atoms with Gasteiger partial charge in [-0.05, 0) is 55.5 Å². The Labute approximate surface area is 260 Å². The largest absolute Gasteiger partial charge is 0.495 e. The van der Waals surface area contributed by atoms with E-state index >= 15 is 0 Å². The smallest absolute Gasteiger partial charge is 0.406 e. The van der Waals surface area contributed by atoms with Gasteiger partial charge < -0.3 is 25.3 Å². The van der Waals surface area contributed by atoms with E-state index in [9.17, 15) is 22.8 Å². The third kappa shape index (κ3) is 7.71. The molecule has 2 fully saturated rings. The first-order valence-corrected chi connectivity index (χ1v) is 15.3. The zero-order valence-electron chi connectivity index (χ0n) is 25.8. The molecule has 240 valence electrons. The number of nitrogens with zero attached hydrogens (tertiary/aromatic N) is 3. The van der Waals surface area contributed by atoms with Crippen molar-refractivity contribution in [3.05, 3.63) is 53.3 Å². The molecule has 9 nitrogen and oxygen atoms in total. The molecule has 5 rings (SSSR count). The Morgan fingerprint density at radius 2 is 1.89 bits per heavy atom. The summed E-state index contributed by atoms with van der Waals surface area (Å²) in [6.45, 7) is 2.85. The number of piperidine rings is 1. The van der Waals surface area contributed by atoms with Crippen LogP contribution in [0.1, 0.15) is 65.3 Å². The Morgan fingerprint density at radius 1 is 1.11 bits per heavy atom. The number of nitrogens with one attached hydrogen (secondary N) is 3. The van der Waals surface area contributed by atoms with E-state index in [1.807, 2.05) is 0 Å². The number of hydrogen-bond acceptors (Lipinski definition) is 6. The van der Waals surface area contributed by atoms with Crippen LogP contribution in [-0.4, -0.2) is 78.3 Å². The van der Waals surface area contributed by atoms with Gasteiger partial charge in [0.25, 0.3) is 11.8 Å². The lowest BCUT2D eigenvalue weighted by Gasteiger charge is -2.40. The molecule has 1 saturated heterocycles. The van der Waals surface area contributed by atoms with E-state index in [-0.39, 0.29) is 46.9 Å². The van der Waals surface area contributed by atoms with Gasteiger partial charge in [0, 0.05) is 43.3 Å². The first kappa shape index (κ1) is 32.2. The van der Waals surface area contributed by atoms with Gasteiger partial charge in [-0.2, -0.15) is 13.2 Å². The maximum atomic E-state index is 13.7. The van der Waals surface area contributed by atoms with Crippen LogP contribution in [0, 0.1) is 17.8 Å². The topological polar surface area (TPSA) is 101 Å². The lowest BCUT2D eigenvalue weighted by Crippen LogP contribution is -2.52. The lowest BCUT2D eigenvalue weighted by molar-refractivity contribution is -0.139. The van der Waals surface area contributed by atoms with Crippen LogP contribution in [0.4, 0.5) is 18.9 Å². The van der Waals surface area contributed by atoms with E-state index in [4.69, 9.17) is 4.74 Å². The Balaban J connectivity index is 1.37. The highest BCUT2D eigenvalue weighted by Crippen LogP contribution is 2.29. The summed E-state index contributed by atoms with van der Waals surface area (Å²) in [5, 5.41) is 8.84. The number of carbonyl (C=O) groups excluding carboxylic acids is 2. The van der Waals surface area contributed by atoms with Crippen molar-refractivity contribution in [3.8, 4) is 17.6 Å². The normalized spacial score (nSPS) is 19.2. The number of aromatic nitrogens is 2. The number of imidazole rings is 1. The molecule has 1 aliphatic heterocycles. The fraction of sp³-hybridized carbons (Fsp3) is 0.485. The molecule has 0 radical (unpaired) electrons. The molecule has 3 aromatic rings. The minimum atomic E-state index is -4.47. The summed E-state index contributed by atoms with van der Waals surface area (Å²) in [4.78, 5) is 32.5. The zero-order chi connectivity index (χ0) is 32.1. The van der Waals surface area contributed by atoms with Crippen molar-refractivity contribution in [1.29, 1.82) is 0 Å². The molecule has 45 heavy (non-hydrogen) atoms. The van der Waals surface area contributed by atoms with E-state index in [0.29, 0.717) is 28.6 Å². The molecule has 1 aromatic heterocycles. The number of halogens is 3. The number of hydrogen-bond donors (Lipinski definition) is 3. The van der Waals surface area contributed by atoms with Crippen LogP contribution < -0.4 is 20.7 Å². The minimum absolute atomic E-state index is 0.0538. The summed E-state index contributed by atoms with van der Waals surface area (Å²) >= 11 is 0. The van der Waals surface area contributed by atoms with Crippen LogP contribution in [-0.2, 0) is 6.54 Å². The third-order valence-corrected chi connectivity index (χ3v) is 8.70. The highest BCUT2D eigenvalue weighted by molar-refractivity contribution is 6.05. The van der Waals surface area contributed by atoms with Crippen LogP contribution in [0.25, 0.3) is 11.0 Å². The number of likely N-dealkylation sites (tertiary alicyclic amines) is 1. The quantitative estimate of drug-likeness (QED) is 0.311. The second-order valence-corrected chi connectivity index (χ2v) is 11.8. The van der Waals surface area contributed by atoms with E-state index in [0.717, 1.165) is 30.4 Å². The molecule has 0 unspecified atom stereocenters. The Morgan fingerprint density at radius 3 is 2.58 bits per heavy atom. The zero-order valence-corrected chi connectivity index (χ0v) is 25.8. The Bertz CT molecular complexity index is 1600. The Hall–Kier alpha value is -4.24. The van der Waals surface area contributed by atoms with Gasteiger partial charge in [0.05, 0.1) is 36.7 Å². The molecule has 2 aliphatic rings. The summed E-state index contributed by atoms with van der Waals surface area (Å²) in [6.07, 6.45) is 2.44. The molecule has 0 bridgehead atoms. The van der Waals surface area contributed by atoms with E-state index < -0.39 is 12.7 Å². The van der Waals surface area contributed by atoms with E-state index in [1.54, 1.807) is 24.3 Å². The van der Waals surface area contributed by atoms with Gasteiger partial charge in [0.2, 0.25) is 0 Å². The maximum Gasteiger partial charge on any atom is 0.406 e. The van der Waals surface area contributed by atoms with Crippen LogP contribution in [0.15, 0.2) is 36.7 Å². The summed E-state index contributed by atoms with van der Waals surface area (Å²) in [6, 6.07) is 8.62. The highest BCUT2D eigenvalue weighted by Gasteiger charge is 2.33. The minimum Gasteiger partial charge on any atom is -0.495 e. The number of alkyl halides is 3. The van der Waals surface area contributed by atoms with Crippen molar-refractivity contribution >= 4 is 28.5 Å². The number of ether oxygens (including phenoxy) is 1. The monoisotopic (exact) mass is 624 g/mol. The second kappa shape index (κ2) is 13.8. The van der Waals surface area contributed by atoms with Crippen LogP contribution in [0.5, 0.6) is 5.75 Å². The average Bonchev–Trinajstić information content (AvgIpc) is 3.69. The Kier molecular flexibility index (Phi) is 9.87. The highest BCUT2D eigenvalue weighted by atomic mass is 19.4. The van der Waals surface area contributed by atoms with Crippen molar-refractivity contribution in [3.63, 3.8) is 0 Å². The van der Waals surface area contributed by atoms with Gasteiger partial charge >= 0.3 is 6.18 Å². The van der Waals surface area contributed by atoms with Crippen LogP contribution in [0.3, 0.4) is 0 Å². The molecular formula is C33H39F3N6O3. The molecule has 2 atom stereocenters. The van der Waals surface area contributed by atoms with Crippen LogP contribution in [0.2, 0.25) is 0 Å². The molecule has 1 saturated carbocycles. The number of methoxy groups -OCH3 is 1. The fourth-order valence-corrected chi connectivity index (χ4v) is 6.38. The predicted molar refractivity (Wildman–Crippen MR) is 166 cm³/mol. The standard InChI is InChI=1S/C33H39F3N6O3/c1-21-18-41(24-8-4-5-9-24)14-12-26(21)40-32(44)25-15-22(16-28-30(25)39-20-42(28)19-33(34,35)36)7-6-13-38-27-17-23(31(43)37-2)10-11-29(27)45-3/h10-11,15-17,20-21,24,26,38H,4-5,8-9,12-14,18-19H2,1-3H3,(H,37,43)(H,40,44)/t21-,26-/m0/s1. The van der Waals surface area contributed by atoms with Gasteiger partial charge in [-0.1, -0.05) is 31.6 Å². The molecule has 1 aliphatic carbocycles. The molecule has 2 amide bonds. The number of benzene rings is 2. The van der Waals surface area contributed by atoms with Gasteiger partial charge in [-0.3, -0.25) is 14.5 Å². The summed E-state index contributed by atoms with van der Waals surface area (Å²) < 4.78 is 46.5. The number of carbonyl (C=O) groups is 2. The molecule has 12 heteroatoms. The second-order valence-electron chi connectivity index (χ2n) is 11.8. The number of anilines is 1. The molecule has 3 N–H and O–H groups in total. The number of fused-ring (bicyclic) bond motifs is 1. The third-order valence-electron chi connectivity index (χ3n) is 8.70. The van der Waals surface area contributed by atoms with Crippen molar-refractivity contribution in [2.45, 2.75) is 63.8 Å². The van der Waals surface area contributed by atoms with E-state index in [1.165, 1.54) is 45.9 Å². The lowest BCUT2D eigenvalue weighted by atomic mass is 9.92. The first-order valence-electron chi connectivity index (χ1n) is 15.3. The molecule has 2 heterocycles. The predicted octanol–water partition coefficient (Wildman–Crippen LogP) is 4.81. The molecule has 0 spiro atoms. The fourth-order valence-electron chi connectivity index (χ4n) is 6.38. The van der Waals surface area contributed by atoms with Gasteiger partial charge in [0.1, 0.15) is 17.8 Å². The number of rotatable bonds is 8. The van der Waals surface area contributed by atoms with Crippen molar-refractivity contribution < 1.29 is 27.5 Å². The molecular weight excluding hydrogens is 585 g/mol. The summed E-state index contributed by atoms with van der Waals surface area (Å²) in [5.41, 5.74) is 1.95. The van der Waals surface area contributed by atoms with Crippen molar-refractivity contribution in [2.24, 2.45) is 5.92 Å². The number of amides is 2. The van der Waals surface area contributed by atoms with Crippen LogP contribution >= 0.6 is 0 Å². The van der Waals surface area contributed by atoms with Crippen molar-refractivity contribution in [1.82, 2.24) is 25.1 Å². The van der Waals surface area contributed by atoms with Crippen molar-refractivity contribution in [2.75, 3.05) is 39.1 Å². The van der Waals surface area contributed by atoms with Gasteiger partial charge in [-0.25, -0.2) is 4.98 Å². The van der Waals surface area contributed by atoms with E-state index in [2.05, 4.69) is 44.6 Å². The van der Waals surface area contributed by atoms with Gasteiger partial charge in [0.15, 0.2) is 0 Å². The summed E-state index contributed by atoms with van der Waals surface area (Å²) in [7, 11) is 3.05. The maximum absolute atomic E-state index is 13.7. The first-order chi connectivity index (χ1) is 21.6. The SMILES string of the molecule is CNC(=O)c1ccc(OC)c(NCC#Cc2cc(C(=O)N[C@H]3CCN(C4CCCC4)C[C@@H]3C)c3ncn(CC(F)(F)F)c3c2)c1. The molecule has 2 aromatic carbocycles.